The summed E-state index contributed by atoms with van der Waals surface area (Å²) in [6.45, 7) is -0.946. The molecule has 28 heavy (non-hydrogen) atoms. The second-order valence-corrected chi connectivity index (χ2v) is 6.84. The lowest BCUT2D eigenvalue weighted by Gasteiger charge is -2.40. The first kappa shape index (κ1) is 23.8. The molecule has 10 atom stereocenters. The lowest BCUT2D eigenvalue weighted by atomic mass is 9.99. The molecule has 2 aliphatic heterocycles. The Bertz CT molecular complexity index is 413. The zero-order chi connectivity index (χ0) is 20.8. The summed E-state index contributed by atoms with van der Waals surface area (Å²) in [7, 11) is 0. The molecule has 0 saturated carbocycles. The van der Waals surface area contributed by atoms with Gasteiger partial charge in [-0.15, -0.1) is 0 Å². The highest BCUT2D eigenvalue weighted by atomic mass is 16.7. The number of hydrogen-bond acceptors (Lipinski definition) is 12. The van der Waals surface area contributed by atoms with Gasteiger partial charge in [-0.25, -0.2) is 0 Å². The predicted octanol–water partition coefficient (Wildman–Crippen LogP) is -4.60. The Labute approximate surface area is 161 Å². The number of rotatable bonds is 9. The Hall–Kier alpha value is -0.480. The molecule has 8 N–H and O–H groups in total. The van der Waals surface area contributed by atoms with Crippen molar-refractivity contribution in [1.82, 2.24) is 0 Å². The normalized spacial score (nSPS) is 44.6. The summed E-state index contributed by atoms with van der Waals surface area (Å²) in [6.07, 6.45) is -12.4. The summed E-state index contributed by atoms with van der Waals surface area (Å²) in [6, 6.07) is 0. The molecule has 0 radical (unpaired) electrons. The third-order valence-corrected chi connectivity index (χ3v) is 4.84. The average molecular weight is 414 g/mol. The van der Waals surface area contributed by atoms with Gasteiger partial charge in [-0.05, 0) is 12.8 Å². The third kappa shape index (κ3) is 5.56. The van der Waals surface area contributed by atoms with Crippen molar-refractivity contribution in [2.75, 3.05) is 26.4 Å². The number of hydrogen-bond donors (Lipinski definition) is 8. The van der Waals surface area contributed by atoms with Gasteiger partial charge in [-0.2, -0.15) is 0 Å². The van der Waals surface area contributed by atoms with E-state index in [0.29, 0.717) is 12.8 Å². The van der Waals surface area contributed by atoms with Gasteiger partial charge >= 0.3 is 0 Å². The van der Waals surface area contributed by atoms with E-state index in [-0.39, 0.29) is 13.2 Å². The SMILES string of the molecule is OC[C@H]1O[C@@H](O)[C@@H](OCCCCO[C@H]2[C@@H](O)[C@H](O)[C@@H](CO)O[C@H]2O)[C@@H](O)[C@@H]1O. The highest BCUT2D eigenvalue weighted by Gasteiger charge is 2.45. The van der Waals surface area contributed by atoms with Crippen LogP contribution in [0, 0.1) is 0 Å². The maximum atomic E-state index is 9.95. The fourth-order valence-corrected chi connectivity index (χ4v) is 3.15. The van der Waals surface area contributed by atoms with E-state index in [9.17, 15) is 30.6 Å². The van der Waals surface area contributed by atoms with Crippen LogP contribution in [0.1, 0.15) is 12.8 Å². The molecule has 0 aliphatic carbocycles. The number of unbranched alkanes of at least 4 members (excludes halogenated alkanes) is 1. The molecule has 2 fully saturated rings. The van der Waals surface area contributed by atoms with Gasteiger partial charge in [0.2, 0.25) is 0 Å². The number of ether oxygens (including phenoxy) is 4. The van der Waals surface area contributed by atoms with Crippen LogP contribution in [0.3, 0.4) is 0 Å². The summed E-state index contributed by atoms with van der Waals surface area (Å²) in [5.74, 6) is 0. The second-order valence-electron chi connectivity index (χ2n) is 6.84. The molecule has 2 heterocycles. The zero-order valence-electron chi connectivity index (χ0n) is 15.2. The summed E-state index contributed by atoms with van der Waals surface area (Å²) in [5, 5.41) is 77.1. The molecule has 0 amide bonds. The van der Waals surface area contributed by atoms with E-state index in [0.717, 1.165) is 0 Å². The number of aliphatic hydroxyl groups is 8. The lowest BCUT2D eigenvalue weighted by Crippen LogP contribution is -2.59. The Kier molecular flexibility index (Phi) is 9.40. The maximum absolute atomic E-state index is 9.95. The quantitative estimate of drug-likeness (QED) is 0.168. The Morgan fingerprint density at radius 3 is 1.25 bits per heavy atom. The molecule has 0 unspecified atom stereocenters. The van der Waals surface area contributed by atoms with Crippen molar-refractivity contribution in [1.29, 1.82) is 0 Å². The van der Waals surface area contributed by atoms with Gasteiger partial charge in [-0.3, -0.25) is 0 Å². The second kappa shape index (κ2) is 11.1. The van der Waals surface area contributed by atoms with Crippen LogP contribution in [-0.4, -0.2) is 129 Å². The van der Waals surface area contributed by atoms with Crippen LogP contribution in [-0.2, 0) is 18.9 Å². The minimum absolute atomic E-state index is 0.0868. The smallest absolute Gasteiger partial charge is 0.184 e. The standard InChI is InChI=1S/C16H30O12/c17-5-7-9(19)11(21)13(15(23)27-7)25-3-1-2-4-26-14-12(22)10(20)8(6-18)28-16(14)24/h7-24H,1-6H2/t7-,8-,9-,10-,11+,12+,13+,14+,15-,16-/m1/s1. The van der Waals surface area contributed by atoms with Crippen LogP contribution in [0.15, 0.2) is 0 Å². The van der Waals surface area contributed by atoms with E-state index in [1.807, 2.05) is 0 Å². The lowest BCUT2D eigenvalue weighted by molar-refractivity contribution is -0.298. The molecule has 2 rings (SSSR count). The Morgan fingerprint density at radius 1 is 0.571 bits per heavy atom. The van der Waals surface area contributed by atoms with Gasteiger partial charge < -0.3 is 59.8 Å². The van der Waals surface area contributed by atoms with E-state index in [2.05, 4.69) is 0 Å². The molecule has 2 aliphatic rings. The van der Waals surface area contributed by atoms with E-state index >= 15 is 0 Å². The van der Waals surface area contributed by atoms with Crippen molar-refractivity contribution in [3.8, 4) is 0 Å². The highest BCUT2D eigenvalue weighted by molar-refractivity contribution is 4.90. The van der Waals surface area contributed by atoms with Crippen LogP contribution in [0.25, 0.3) is 0 Å². The van der Waals surface area contributed by atoms with Gasteiger partial charge in [0.25, 0.3) is 0 Å². The minimum atomic E-state index is -1.50. The molecule has 12 nitrogen and oxygen atoms in total. The van der Waals surface area contributed by atoms with Crippen molar-refractivity contribution in [3.63, 3.8) is 0 Å². The molecule has 0 aromatic rings. The monoisotopic (exact) mass is 414 g/mol. The molecular formula is C16H30O12. The summed E-state index contributed by atoms with van der Waals surface area (Å²) in [5.41, 5.74) is 0. The molecule has 0 bridgehead atoms. The Balaban J connectivity index is 1.67. The van der Waals surface area contributed by atoms with Crippen LogP contribution in [0.4, 0.5) is 0 Å². The van der Waals surface area contributed by atoms with Gasteiger partial charge in [0, 0.05) is 13.2 Å². The molecule has 0 spiro atoms. The fraction of sp³-hybridized carbons (Fsp3) is 1.00. The predicted molar refractivity (Wildman–Crippen MR) is 88.7 cm³/mol. The van der Waals surface area contributed by atoms with Crippen LogP contribution < -0.4 is 0 Å². The largest absolute Gasteiger partial charge is 0.394 e. The fourth-order valence-electron chi connectivity index (χ4n) is 3.15. The van der Waals surface area contributed by atoms with Crippen LogP contribution in [0.2, 0.25) is 0 Å². The van der Waals surface area contributed by atoms with Gasteiger partial charge in [-0.1, -0.05) is 0 Å². The van der Waals surface area contributed by atoms with Gasteiger partial charge in [0.1, 0.15) is 48.8 Å². The maximum Gasteiger partial charge on any atom is 0.184 e. The molecule has 0 aromatic carbocycles. The first-order valence-electron chi connectivity index (χ1n) is 9.16. The van der Waals surface area contributed by atoms with Gasteiger partial charge in [0.05, 0.1) is 13.2 Å². The van der Waals surface area contributed by atoms with Crippen LogP contribution >= 0.6 is 0 Å². The van der Waals surface area contributed by atoms with E-state index in [1.165, 1.54) is 0 Å². The molecule has 166 valence electrons. The molecule has 2 saturated heterocycles. The first-order valence-corrected chi connectivity index (χ1v) is 9.16. The summed E-state index contributed by atoms with van der Waals surface area (Å²) in [4.78, 5) is 0. The van der Waals surface area contributed by atoms with Crippen molar-refractivity contribution < 1.29 is 59.8 Å². The molecular weight excluding hydrogens is 384 g/mol. The summed E-state index contributed by atoms with van der Waals surface area (Å²) >= 11 is 0. The van der Waals surface area contributed by atoms with Gasteiger partial charge in [0.15, 0.2) is 12.6 Å². The van der Waals surface area contributed by atoms with E-state index in [1.54, 1.807) is 0 Å². The average Bonchev–Trinajstić information content (AvgIpc) is 2.68. The van der Waals surface area contributed by atoms with Crippen molar-refractivity contribution in [2.45, 2.75) is 74.3 Å². The Morgan fingerprint density at radius 2 is 0.929 bits per heavy atom. The van der Waals surface area contributed by atoms with E-state index < -0.39 is 74.6 Å². The topological polar surface area (TPSA) is 199 Å². The molecule has 12 heteroatoms. The van der Waals surface area contributed by atoms with Crippen molar-refractivity contribution >= 4 is 0 Å². The first-order chi connectivity index (χ1) is 13.3. The summed E-state index contributed by atoms with van der Waals surface area (Å²) < 4.78 is 20.6. The van der Waals surface area contributed by atoms with Crippen molar-refractivity contribution in [2.24, 2.45) is 0 Å². The zero-order valence-corrected chi connectivity index (χ0v) is 15.2. The van der Waals surface area contributed by atoms with E-state index in [4.69, 9.17) is 29.2 Å². The minimum Gasteiger partial charge on any atom is -0.394 e. The highest BCUT2D eigenvalue weighted by Crippen LogP contribution is 2.23. The van der Waals surface area contributed by atoms with Crippen molar-refractivity contribution in [3.05, 3.63) is 0 Å². The third-order valence-electron chi connectivity index (χ3n) is 4.84. The number of aliphatic hydroxyl groups excluding tert-OH is 8. The van der Waals surface area contributed by atoms with Crippen LogP contribution in [0.5, 0.6) is 0 Å². The molecule has 0 aromatic heterocycles.